The number of allylic oxidation sites excluding steroid dienone is 2. The van der Waals surface area contributed by atoms with Gasteiger partial charge in [0.1, 0.15) is 36.9 Å². The molecule has 7 atom stereocenters. The maximum absolute atomic E-state index is 11.6. The van der Waals surface area contributed by atoms with Crippen molar-refractivity contribution < 1.29 is 38.0 Å². The average molecular weight is 687 g/mol. The average Bonchev–Trinajstić information content (AvgIpc) is 3.59. The molecular weight excluding hydrogens is 632 g/mol. The minimum absolute atomic E-state index is 0.00866. The van der Waals surface area contributed by atoms with Gasteiger partial charge < -0.3 is 28.4 Å². The highest BCUT2D eigenvalue weighted by Crippen LogP contribution is 2.75. The Morgan fingerprint density at radius 2 is 1.14 bits per heavy atom. The second-order valence-electron chi connectivity index (χ2n) is 13.8. The molecule has 8 heteroatoms. The maximum atomic E-state index is 11.6. The lowest BCUT2D eigenvalue weighted by Crippen LogP contribution is -2.53. The van der Waals surface area contributed by atoms with Crippen LogP contribution in [0.4, 0.5) is 0 Å². The van der Waals surface area contributed by atoms with E-state index in [1.54, 1.807) is 5.57 Å². The van der Waals surface area contributed by atoms with Crippen LogP contribution >= 0.6 is 0 Å². The predicted octanol–water partition coefficient (Wildman–Crippen LogP) is 7.98. The van der Waals surface area contributed by atoms with Crippen LogP contribution in [0.1, 0.15) is 83.8 Å². The second kappa shape index (κ2) is 16.9. The van der Waals surface area contributed by atoms with E-state index in [0.717, 1.165) is 30.8 Å². The Labute approximate surface area is 297 Å². The topological polar surface area (TPSA) is 89.5 Å². The lowest BCUT2D eigenvalue weighted by Gasteiger charge is -2.56. The molecule has 2 aromatic rings. The fourth-order valence-corrected chi connectivity index (χ4v) is 7.97. The molecule has 2 bridgehead atoms. The van der Waals surface area contributed by atoms with Crippen LogP contribution in [-0.4, -0.2) is 62.8 Å². The van der Waals surface area contributed by atoms with Crippen LogP contribution in [0.2, 0.25) is 0 Å². The fraction of sp³-hybridized carbons (Fsp3) is 0.524. The summed E-state index contributed by atoms with van der Waals surface area (Å²) < 4.78 is 35.1. The Balaban J connectivity index is 1.17. The molecule has 3 aliphatic carbocycles. The van der Waals surface area contributed by atoms with Crippen LogP contribution in [0.5, 0.6) is 11.5 Å². The molecule has 50 heavy (non-hydrogen) atoms. The van der Waals surface area contributed by atoms with Crippen molar-refractivity contribution in [3.63, 3.8) is 0 Å². The molecule has 2 saturated carbocycles. The van der Waals surface area contributed by atoms with Gasteiger partial charge in [-0.25, -0.2) is 9.59 Å². The van der Waals surface area contributed by atoms with Gasteiger partial charge in [0.2, 0.25) is 0 Å². The van der Waals surface area contributed by atoms with Gasteiger partial charge >= 0.3 is 11.9 Å². The molecule has 0 radical (unpaired) electrons. The molecular formula is C42H54O8. The Bertz CT molecular complexity index is 1490. The number of carbonyl (C=O) groups excluding carboxylic acids is 2. The third-order valence-corrected chi connectivity index (χ3v) is 10.8. The highest BCUT2D eigenvalue weighted by Gasteiger charge is 2.69. The van der Waals surface area contributed by atoms with Crippen LogP contribution in [0.15, 0.2) is 85.5 Å². The molecule has 8 nitrogen and oxygen atoms in total. The number of hydrogen-bond donors (Lipinski definition) is 0. The molecule has 0 saturated heterocycles. The molecule has 0 amide bonds. The third kappa shape index (κ3) is 7.87. The number of esters is 2. The predicted molar refractivity (Wildman–Crippen MR) is 193 cm³/mol. The molecule has 0 aromatic heterocycles. The minimum atomic E-state index is -0.433. The first-order valence-electron chi connectivity index (χ1n) is 18.3. The van der Waals surface area contributed by atoms with Gasteiger partial charge in [-0.3, -0.25) is 0 Å². The van der Waals surface area contributed by atoms with E-state index in [0.29, 0.717) is 45.2 Å². The lowest BCUT2D eigenvalue weighted by atomic mass is 9.47. The highest BCUT2D eigenvalue weighted by atomic mass is 16.6. The summed E-state index contributed by atoms with van der Waals surface area (Å²) in [6.45, 7) is 16.5. The number of carbonyl (C=O) groups is 2. The summed E-state index contributed by atoms with van der Waals surface area (Å²) in [7, 11) is 0. The van der Waals surface area contributed by atoms with E-state index in [1.165, 1.54) is 36.1 Å². The summed E-state index contributed by atoms with van der Waals surface area (Å²) in [4.78, 5) is 23.2. The number of ether oxygens (including phenoxy) is 6. The normalized spacial score (nSPS) is 23.8. The number of fused-ring (bicyclic) bond motifs is 1. The SMILES string of the molecule is C=CC(=O)OC(CC)COC(CC)COc1ccc([C@]23C=C4CC(C2)C[C@]43c2ccc(OCC(CC)OCC(CC)OC(=O)C=C)cc2)cc1. The Kier molecular flexibility index (Phi) is 12.6. The van der Waals surface area contributed by atoms with E-state index in [2.05, 4.69) is 81.6 Å². The lowest BCUT2D eigenvalue weighted by molar-refractivity contribution is -0.148. The number of hydrogen-bond acceptors (Lipinski definition) is 8. The van der Waals surface area contributed by atoms with E-state index >= 15 is 0 Å². The third-order valence-electron chi connectivity index (χ3n) is 10.8. The Morgan fingerprint density at radius 3 is 1.56 bits per heavy atom. The quantitative estimate of drug-likeness (QED) is 0.0700. The minimum Gasteiger partial charge on any atom is -0.491 e. The molecule has 5 unspecified atom stereocenters. The van der Waals surface area contributed by atoms with Crippen LogP contribution in [0.25, 0.3) is 0 Å². The maximum Gasteiger partial charge on any atom is 0.330 e. The fourth-order valence-electron chi connectivity index (χ4n) is 7.97. The standard InChI is InChI=1S/C42H54O8/c1-7-33(45-27-35(9-3)49-39(43)11-5)25-47-37-17-13-30(14-18-37)41-22-29-21-32(24-41)42(41,23-29)31-15-19-38(20-16-31)48-26-34(8-2)46-28-36(10-4)50-40(44)12-6/h11-20,24,29,33-36H,5-10,21-23,25-28H2,1-4H3/t29?,33?,34?,35?,36?,41-,42+/m1/s1. The smallest absolute Gasteiger partial charge is 0.330 e. The summed E-state index contributed by atoms with van der Waals surface area (Å²) in [5.74, 6) is 1.47. The Hall–Kier alpha value is -3.88. The van der Waals surface area contributed by atoms with Crippen molar-refractivity contribution in [2.24, 2.45) is 5.92 Å². The highest BCUT2D eigenvalue weighted by molar-refractivity contribution is 5.81. The molecule has 5 rings (SSSR count). The van der Waals surface area contributed by atoms with E-state index in [1.807, 2.05) is 13.8 Å². The van der Waals surface area contributed by atoms with Crippen LogP contribution in [0, 0.1) is 5.92 Å². The summed E-state index contributed by atoms with van der Waals surface area (Å²) in [6, 6.07) is 17.3. The first-order valence-corrected chi connectivity index (χ1v) is 18.3. The summed E-state index contributed by atoms with van der Waals surface area (Å²) in [5.41, 5.74) is 4.27. The van der Waals surface area contributed by atoms with Gasteiger partial charge in [-0.1, -0.05) is 76.8 Å². The van der Waals surface area contributed by atoms with Gasteiger partial charge in [0.25, 0.3) is 0 Å². The molecule has 0 aliphatic heterocycles. The van der Waals surface area contributed by atoms with Crippen LogP contribution in [0.3, 0.4) is 0 Å². The molecule has 270 valence electrons. The van der Waals surface area contributed by atoms with Crippen LogP contribution < -0.4 is 9.47 Å². The van der Waals surface area contributed by atoms with E-state index < -0.39 is 11.9 Å². The molecule has 3 aliphatic rings. The molecule has 0 N–H and O–H groups in total. The zero-order valence-corrected chi connectivity index (χ0v) is 30.2. The van der Waals surface area contributed by atoms with Gasteiger partial charge in [-0.15, -0.1) is 0 Å². The van der Waals surface area contributed by atoms with Gasteiger partial charge in [-0.05, 0) is 86.3 Å². The zero-order chi connectivity index (χ0) is 35.7. The van der Waals surface area contributed by atoms with Gasteiger partial charge in [0, 0.05) is 23.0 Å². The number of benzene rings is 2. The largest absolute Gasteiger partial charge is 0.491 e. The first kappa shape index (κ1) is 37.4. The van der Waals surface area contributed by atoms with E-state index in [4.69, 9.17) is 28.4 Å². The van der Waals surface area contributed by atoms with Crippen molar-refractivity contribution in [2.75, 3.05) is 26.4 Å². The summed E-state index contributed by atoms with van der Waals surface area (Å²) in [5, 5.41) is 0. The van der Waals surface area contributed by atoms with Crippen LogP contribution in [-0.2, 0) is 39.4 Å². The van der Waals surface area contributed by atoms with Gasteiger partial charge in [0.05, 0.1) is 25.4 Å². The second-order valence-corrected chi connectivity index (χ2v) is 13.8. The first-order chi connectivity index (χ1) is 24.2. The summed E-state index contributed by atoms with van der Waals surface area (Å²) in [6.07, 6.45) is 10.5. The number of rotatable bonds is 22. The summed E-state index contributed by atoms with van der Waals surface area (Å²) >= 11 is 0. The van der Waals surface area contributed by atoms with Crippen molar-refractivity contribution in [1.82, 2.24) is 0 Å². The molecule has 2 fully saturated rings. The van der Waals surface area contributed by atoms with Crippen molar-refractivity contribution in [2.45, 2.75) is 108 Å². The van der Waals surface area contributed by atoms with Crippen molar-refractivity contribution in [3.8, 4) is 11.5 Å². The van der Waals surface area contributed by atoms with Crippen molar-refractivity contribution in [3.05, 3.63) is 96.6 Å². The Morgan fingerprint density at radius 1 is 0.680 bits per heavy atom. The van der Waals surface area contributed by atoms with E-state index in [9.17, 15) is 9.59 Å². The van der Waals surface area contributed by atoms with Gasteiger partial charge in [-0.2, -0.15) is 0 Å². The zero-order valence-electron chi connectivity index (χ0n) is 30.2. The molecule has 0 spiro atoms. The monoisotopic (exact) mass is 686 g/mol. The molecule has 2 aromatic carbocycles. The van der Waals surface area contributed by atoms with Crippen molar-refractivity contribution >= 4 is 11.9 Å². The van der Waals surface area contributed by atoms with Gasteiger partial charge in [0.15, 0.2) is 0 Å². The molecule has 0 heterocycles. The van der Waals surface area contributed by atoms with Crippen molar-refractivity contribution in [1.29, 1.82) is 0 Å². The van der Waals surface area contributed by atoms with E-state index in [-0.39, 0.29) is 35.2 Å².